The topological polar surface area (TPSA) is 46.3 Å². The van der Waals surface area contributed by atoms with E-state index in [1.54, 1.807) is 4.90 Å². The summed E-state index contributed by atoms with van der Waals surface area (Å²) in [6.07, 6.45) is 0. The zero-order valence-electron chi connectivity index (χ0n) is 11.2. The molecule has 18 heavy (non-hydrogen) atoms. The van der Waals surface area contributed by atoms with Crippen molar-refractivity contribution in [3.8, 4) is 0 Å². The summed E-state index contributed by atoms with van der Waals surface area (Å²) in [7, 11) is 0. The molecule has 0 radical (unpaired) electrons. The van der Waals surface area contributed by atoms with Crippen LogP contribution < -0.4 is 5.73 Å². The van der Waals surface area contributed by atoms with E-state index in [9.17, 15) is 4.79 Å². The predicted molar refractivity (Wildman–Crippen MR) is 78.0 cm³/mol. The summed E-state index contributed by atoms with van der Waals surface area (Å²) in [6.45, 7) is 7.19. The van der Waals surface area contributed by atoms with Crippen LogP contribution in [-0.4, -0.2) is 23.4 Å². The third-order valence-corrected chi connectivity index (χ3v) is 3.45. The fraction of sp³-hybridized carbons (Fsp3) is 0.500. The summed E-state index contributed by atoms with van der Waals surface area (Å²) in [5.41, 5.74) is 7.03. The first-order valence-corrected chi connectivity index (χ1v) is 7.03. The van der Waals surface area contributed by atoms with Gasteiger partial charge in [-0.25, -0.2) is 0 Å². The smallest absolute Gasteiger partial charge is 0.240 e. The van der Waals surface area contributed by atoms with Gasteiger partial charge in [0.1, 0.15) is 0 Å². The Labute approximate surface area is 117 Å². The molecule has 0 fully saturated rings. The van der Waals surface area contributed by atoms with Crippen LogP contribution in [0.3, 0.4) is 0 Å². The summed E-state index contributed by atoms with van der Waals surface area (Å²) in [5.74, 6) is 0.182. The molecule has 100 valence electrons. The molecule has 0 spiro atoms. The molecule has 0 unspecified atom stereocenters. The lowest BCUT2D eigenvalue weighted by atomic mass is 10.0. The SMILES string of the molecule is CCN(Cc1cccc(Br)c1)C(=O)[C@@H](N)C(C)C. The second kappa shape index (κ2) is 6.90. The first kappa shape index (κ1) is 15.2. The first-order chi connectivity index (χ1) is 8.45. The van der Waals surface area contributed by atoms with E-state index >= 15 is 0 Å². The predicted octanol–water partition coefficient (Wildman–Crippen LogP) is 2.78. The largest absolute Gasteiger partial charge is 0.337 e. The van der Waals surface area contributed by atoms with Crippen LogP contribution in [0.4, 0.5) is 0 Å². The van der Waals surface area contributed by atoms with E-state index in [1.807, 2.05) is 45.0 Å². The standard InChI is InChI=1S/C14H21BrN2O/c1-4-17(14(18)13(16)10(2)3)9-11-6-5-7-12(15)8-11/h5-8,10,13H,4,9,16H2,1-3H3/t13-/m0/s1. The van der Waals surface area contributed by atoms with Crippen molar-refractivity contribution in [1.29, 1.82) is 0 Å². The Kier molecular flexibility index (Phi) is 5.82. The van der Waals surface area contributed by atoms with Crippen molar-refractivity contribution in [1.82, 2.24) is 4.90 Å². The lowest BCUT2D eigenvalue weighted by Gasteiger charge is -2.26. The number of hydrogen-bond acceptors (Lipinski definition) is 2. The monoisotopic (exact) mass is 312 g/mol. The maximum absolute atomic E-state index is 12.2. The number of rotatable bonds is 5. The number of carbonyl (C=O) groups is 1. The van der Waals surface area contributed by atoms with E-state index in [0.717, 1.165) is 10.0 Å². The Bertz CT molecular complexity index is 407. The number of benzene rings is 1. The van der Waals surface area contributed by atoms with Crippen molar-refractivity contribution < 1.29 is 4.79 Å². The molecule has 0 aliphatic carbocycles. The lowest BCUT2D eigenvalue weighted by Crippen LogP contribution is -2.46. The lowest BCUT2D eigenvalue weighted by molar-refractivity contribution is -0.134. The third kappa shape index (κ3) is 4.10. The highest BCUT2D eigenvalue weighted by Crippen LogP contribution is 2.14. The molecule has 1 rings (SSSR count). The van der Waals surface area contributed by atoms with Crippen LogP contribution in [0, 0.1) is 5.92 Å². The highest BCUT2D eigenvalue weighted by Gasteiger charge is 2.22. The number of amides is 1. The van der Waals surface area contributed by atoms with Crippen molar-refractivity contribution in [2.45, 2.75) is 33.4 Å². The van der Waals surface area contributed by atoms with Crippen molar-refractivity contribution in [3.05, 3.63) is 34.3 Å². The Morgan fingerprint density at radius 3 is 2.61 bits per heavy atom. The minimum atomic E-state index is -0.419. The van der Waals surface area contributed by atoms with E-state index < -0.39 is 6.04 Å². The summed E-state index contributed by atoms with van der Waals surface area (Å²) >= 11 is 3.44. The second-order valence-electron chi connectivity index (χ2n) is 4.75. The molecule has 0 saturated heterocycles. The summed E-state index contributed by atoms with van der Waals surface area (Å²) in [6, 6.07) is 7.57. The van der Waals surface area contributed by atoms with Gasteiger partial charge in [-0.3, -0.25) is 4.79 Å². The van der Waals surface area contributed by atoms with Gasteiger partial charge < -0.3 is 10.6 Å². The summed E-state index contributed by atoms with van der Waals surface area (Å²) < 4.78 is 1.02. The van der Waals surface area contributed by atoms with Crippen LogP contribution in [0.1, 0.15) is 26.3 Å². The molecule has 0 heterocycles. The van der Waals surface area contributed by atoms with Crippen molar-refractivity contribution >= 4 is 21.8 Å². The third-order valence-electron chi connectivity index (χ3n) is 2.96. The van der Waals surface area contributed by atoms with Gasteiger partial charge in [0.2, 0.25) is 5.91 Å². The van der Waals surface area contributed by atoms with Crippen LogP contribution in [0.5, 0.6) is 0 Å². The highest BCUT2D eigenvalue weighted by molar-refractivity contribution is 9.10. The molecule has 4 heteroatoms. The van der Waals surface area contributed by atoms with E-state index in [-0.39, 0.29) is 11.8 Å². The molecule has 0 aliphatic heterocycles. The van der Waals surface area contributed by atoms with E-state index in [4.69, 9.17) is 5.73 Å². The van der Waals surface area contributed by atoms with Crippen LogP contribution in [0.15, 0.2) is 28.7 Å². The van der Waals surface area contributed by atoms with Gasteiger partial charge in [-0.2, -0.15) is 0 Å². The molecule has 0 saturated carbocycles. The maximum Gasteiger partial charge on any atom is 0.240 e. The molecule has 0 bridgehead atoms. The van der Waals surface area contributed by atoms with Crippen molar-refractivity contribution in [3.63, 3.8) is 0 Å². The molecule has 1 aromatic rings. The first-order valence-electron chi connectivity index (χ1n) is 6.24. The van der Waals surface area contributed by atoms with Gasteiger partial charge in [0.25, 0.3) is 0 Å². The average Bonchev–Trinajstić information content (AvgIpc) is 2.34. The molecule has 1 amide bonds. The Balaban J connectivity index is 2.76. The minimum Gasteiger partial charge on any atom is -0.337 e. The van der Waals surface area contributed by atoms with Gasteiger partial charge in [0.15, 0.2) is 0 Å². The molecule has 2 N–H and O–H groups in total. The van der Waals surface area contributed by atoms with Crippen LogP contribution in [-0.2, 0) is 11.3 Å². The summed E-state index contributed by atoms with van der Waals surface area (Å²) in [5, 5.41) is 0. The molecule has 0 aliphatic rings. The molecule has 3 nitrogen and oxygen atoms in total. The molecular weight excluding hydrogens is 292 g/mol. The molecule has 0 aromatic heterocycles. The van der Waals surface area contributed by atoms with Crippen LogP contribution >= 0.6 is 15.9 Å². The maximum atomic E-state index is 12.2. The number of hydrogen-bond donors (Lipinski definition) is 1. The number of carbonyl (C=O) groups excluding carboxylic acids is 1. The van der Waals surface area contributed by atoms with Crippen LogP contribution in [0.25, 0.3) is 0 Å². The van der Waals surface area contributed by atoms with Gasteiger partial charge in [0.05, 0.1) is 6.04 Å². The Morgan fingerprint density at radius 1 is 1.44 bits per heavy atom. The number of nitrogens with two attached hydrogens (primary N) is 1. The number of halogens is 1. The average molecular weight is 313 g/mol. The zero-order chi connectivity index (χ0) is 13.7. The Morgan fingerprint density at radius 2 is 2.11 bits per heavy atom. The molecule has 1 atom stereocenters. The quantitative estimate of drug-likeness (QED) is 0.908. The second-order valence-corrected chi connectivity index (χ2v) is 5.67. The fourth-order valence-corrected chi connectivity index (χ4v) is 2.14. The van der Waals surface area contributed by atoms with E-state index in [2.05, 4.69) is 15.9 Å². The van der Waals surface area contributed by atoms with Gasteiger partial charge in [-0.1, -0.05) is 41.9 Å². The van der Waals surface area contributed by atoms with Crippen LogP contribution in [0.2, 0.25) is 0 Å². The number of nitrogens with zero attached hydrogens (tertiary/aromatic N) is 1. The van der Waals surface area contributed by atoms with Gasteiger partial charge in [0, 0.05) is 17.6 Å². The van der Waals surface area contributed by atoms with Crippen molar-refractivity contribution in [2.24, 2.45) is 11.7 Å². The summed E-state index contributed by atoms with van der Waals surface area (Å²) in [4.78, 5) is 14.0. The van der Waals surface area contributed by atoms with E-state index in [0.29, 0.717) is 13.1 Å². The van der Waals surface area contributed by atoms with Gasteiger partial charge in [-0.15, -0.1) is 0 Å². The molecule has 1 aromatic carbocycles. The van der Waals surface area contributed by atoms with Crippen molar-refractivity contribution in [2.75, 3.05) is 6.54 Å². The van der Waals surface area contributed by atoms with E-state index in [1.165, 1.54) is 0 Å². The fourth-order valence-electron chi connectivity index (χ4n) is 1.70. The highest BCUT2D eigenvalue weighted by atomic mass is 79.9. The van der Waals surface area contributed by atoms with Gasteiger partial charge in [-0.05, 0) is 30.5 Å². The zero-order valence-corrected chi connectivity index (χ0v) is 12.8. The minimum absolute atomic E-state index is 0.0208. The number of likely N-dealkylation sites (N-methyl/N-ethyl adjacent to an activating group) is 1. The molecular formula is C14H21BrN2O. The van der Waals surface area contributed by atoms with Gasteiger partial charge >= 0.3 is 0 Å². The Hall–Kier alpha value is -0.870. The normalized spacial score (nSPS) is 12.6.